The highest BCUT2D eigenvalue weighted by molar-refractivity contribution is 5.95. The summed E-state index contributed by atoms with van der Waals surface area (Å²) in [6, 6.07) is 1.45. The van der Waals surface area contributed by atoms with Crippen molar-refractivity contribution in [1.82, 2.24) is 14.8 Å². The van der Waals surface area contributed by atoms with Crippen LogP contribution < -0.4 is 0 Å². The summed E-state index contributed by atoms with van der Waals surface area (Å²) in [6.45, 7) is 2.29. The van der Waals surface area contributed by atoms with Crippen molar-refractivity contribution in [2.75, 3.05) is 0 Å². The number of carboxylic acids is 1. The Bertz CT molecular complexity index is 610. The van der Waals surface area contributed by atoms with Crippen molar-refractivity contribution in [3.8, 4) is 11.4 Å². The molecule has 1 N–H and O–H groups in total. The molecule has 0 unspecified atom stereocenters. The van der Waals surface area contributed by atoms with Gasteiger partial charge in [0.1, 0.15) is 6.33 Å². The summed E-state index contributed by atoms with van der Waals surface area (Å²) in [7, 11) is 0. The van der Waals surface area contributed by atoms with Crippen LogP contribution in [0.1, 0.15) is 17.3 Å². The highest BCUT2D eigenvalue weighted by Gasteiger charge is 2.19. The molecule has 2 aromatic rings. The lowest BCUT2D eigenvalue weighted by atomic mass is 10.1. The van der Waals surface area contributed by atoms with Gasteiger partial charge < -0.3 is 9.67 Å². The summed E-state index contributed by atoms with van der Waals surface area (Å²) in [5, 5.41) is 16.4. The lowest BCUT2D eigenvalue weighted by molar-refractivity contribution is 0.0697. The van der Waals surface area contributed by atoms with Crippen LogP contribution in [0.5, 0.6) is 0 Å². The normalized spacial score (nSPS) is 10.6. The molecule has 94 valence electrons. The van der Waals surface area contributed by atoms with Gasteiger partial charge in [-0.1, -0.05) is 0 Å². The summed E-state index contributed by atoms with van der Waals surface area (Å²) in [5.41, 5.74) is -0.350. The van der Waals surface area contributed by atoms with Gasteiger partial charge in [-0.3, -0.25) is 0 Å². The minimum Gasteiger partial charge on any atom is -0.478 e. The number of aryl methyl sites for hydroxylation is 1. The molecule has 18 heavy (non-hydrogen) atoms. The van der Waals surface area contributed by atoms with E-state index >= 15 is 0 Å². The minimum absolute atomic E-state index is 0.000694. The van der Waals surface area contributed by atoms with Crippen LogP contribution in [0.3, 0.4) is 0 Å². The molecule has 0 amide bonds. The fourth-order valence-corrected chi connectivity index (χ4v) is 1.60. The highest BCUT2D eigenvalue weighted by atomic mass is 19.2. The lowest BCUT2D eigenvalue weighted by Gasteiger charge is -2.07. The summed E-state index contributed by atoms with van der Waals surface area (Å²) >= 11 is 0. The van der Waals surface area contributed by atoms with Crippen LogP contribution in [-0.4, -0.2) is 25.8 Å². The van der Waals surface area contributed by atoms with E-state index in [1.165, 1.54) is 6.33 Å². The third-order valence-corrected chi connectivity index (χ3v) is 2.49. The van der Waals surface area contributed by atoms with Gasteiger partial charge in [-0.25, -0.2) is 13.6 Å². The van der Waals surface area contributed by atoms with E-state index in [1.54, 1.807) is 11.5 Å². The molecule has 2 rings (SSSR count). The SMILES string of the molecule is CCn1cnnc1-c1cc(F)c(F)cc1C(=O)O. The highest BCUT2D eigenvalue weighted by Crippen LogP contribution is 2.24. The number of carboxylic acid groups (broad SMARTS) is 1. The second kappa shape index (κ2) is 4.52. The molecule has 0 aliphatic rings. The van der Waals surface area contributed by atoms with Gasteiger partial charge in [0.2, 0.25) is 0 Å². The Morgan fingerprint density at radius 3 is 2.67 bits per heavy atom. The van der Waals surface area contributed by atoms with Gasteiger partial charge in [0.25, 0.3) is 0 Å². The van der Waals surface area contributed by atoms with Crippen LogP contribution in [0.15, 0.2) is 18.5 Å². The fourth-order valence-electron chi connectivity index (χ4n) is 1.60. The van der Waals surface area contributed by atoms with E-state index in [1.807, 2.05) is 0 Å². The Balaban J connectivity index is 2.70. The number of hydrogen-bond donors (Lipinski definition) is 1. The molecule has 1 aromatic heterocycles. The van der Waals surface area contributed by atoms with E-state index in [9.17, 15) is 13.6 Å². The number of halogens is 2. The number of rotatable bonds is 3. The Morgan fingerprint density at radius 2 is 2.06 bits per heavy atom. The molecule has 0 aliphatic carbocycles. The molecule has 1 heterocycles. The van der Waals surface area contributed by atoms with Crippen molar-refractivity contribution >= 4 is 5.97 Å². The number of hydrogen-bond acceptors (Lipinski definition) is 3. The molecular formula is C11H9F2N3O2. The number of aromatic carboxylic acids is 1. The quantitative estimate of drug-likeness (QED) is 0.907. The minimum atomic E-state index is -1.35. The van der Waals surface area contributed by atoms with E-state index in [2.05, 4.69) is 10.2 Å². The van der Waals surface area contributed by atoms with Crippen LogP contribution in [0.4, 0.5) is 8.78 Å². The lowest BCUT2D eigenvalue weighted by Crippen LogP contribution is -2.06. The molecule has 0 atom stereocenters. The van der Waals surface area contributed by atoms with Crippen LogP contribution in [0.25, 0.3) is 11.4 Å². The van der Waals surface area contributed by atoms with Gasteiger partial charge in [-0.15, -0.1) is 10.2 Å². The van der Waals surface area contributed by atoms with Crippen molar-refractivity contribution in [2.24, 2.45) is 0 Å². The molecule has 0 bridgehead atoms. The predicted octanol–water partition coefficient (Wildman–Crippen LogP) is 1.94. The fraction of sp³-hybridized carbons (Fsp3) is 0.182. The average molecular weight is 253 g/mol. The smallest absolute Gasteiger partial charge is 0.336 e. The Kier molecular flexibility index (Phi) is 3.05. The maximum atomic E-state index is 13.2. The van der Waals surface area contributed by atoms with Crippen LogP contribution >= 0.6 is 0 Å². The summed E-state index contributed by atoms with van der Waals surface area (Å²) in [4.78, 5) is 11.0. The summed E-state index contributed by atoms with van der Waals surface area (Å²) in [6.07, 6.45) is 1.39. The second-order valence-corrected chi connectivity index (χ2v) is 3.56. The van der Waals surface area contributed by atoms with E-state index in [-0.39, 0.29) is 17.0 Å². The molecule has 0 saturated heterocycles. The zero-order chi connectivity index (χ0) is 13.3. The molecule has 5 nitrogen and oxygen atoms in total. The average Bonchev–Trinajstić information content (AvgIpc) is 2.79. The first-order valence-electron chi connectivity index (χ1n) is 5.15. The standard InChI is InChI=1S/C11H9F2N3O2/c1-2-16-5-14-15-10(16)6-3-8(12)9(13)4-7(6)11(17)18/h3-5H,2H2,1H3,(H,17,18). The first kappa shape index (κ1) is 12.2. The second-order valence-electron chi connectivity index (χ2n) is 3.56. The molecule has 0 fully saturated rings. The largest absolute Gasteiger partial charge is 0.478 e. The zero-order valence-corrected chi connectivity index (χ0v) is 9.39. The van der Waals surface area contributed by atoms with Gasteiger partial charge >= 0.3 is 5.97 Å². The van der Waals surface area contributed by atoms with Crippen LogP contribution in [0, 0.1) is 11.6 Å². The van der Waals surface area contributed by atoms with Gasteiger partial charge in [0.05, 0.1) is 5.56 Å². The maximum Gasteiger partial charge on any atom is 0.336 e. The Morgan fingerprint density at radius 1 is 1.39 bits per heavy atom. The van der Waals surface area contributed by atoms with Crippen molar-refractivity contribution < 1.29 is 18.7 Å². The molecule has 0 radical (unpaired) electrons. The Labute approximate surface area is 101 Å². The first-order valence-corrected chi connectivity index (χ1v) is 5.15. The summed E-state index contributed by atoms with van der Waals surface area (Å²) < 4.78 is 27.8. The number of carbonyl (C=O) groups is 1. The third-order valence-electron chi connectivity index (χ3n) is 2.49. The first-order chi connectivity index (χ1) is 8.54. The zero-order valence-electron chi connectivity index (χ0n) is 9.39. The van der Waals surface area contributed by atoms with Crippen LogP contribution in [-0.2, 0) is 6.54 Å². The van der Waals surface area contributed by atoms with Crippen molar-refractivity contribution in [1.29, 1.82) is 0 Å². The molecule has 7 heteroatoms. The van der Waals surface area contributed by atoms with E-state index in [0.717, 1.165) is 6.07 Å². The van der Waals surface area contributed by atoms with Gasteiger partial charge in [-0.2, -0.15) is 0 Å². The monoisotopic (exact) mass is 253 g/mol. The molecule has 0 spiro atoms. The van der Waals surface area contributed by atoms with E-state index in [4.69, 9.17) is 5.11 Å². The van der Waals surface area contributed by atoms with Crippen molar-refractivity contribution in [2.45, 2.75) is 13.5 Å². The number of aromatic nitrogens is 3. The molecule has 1 aromatic carbocycles. The molecular weight excluding hydrogens is 244 g/mol. The van der Waals surface area contributed by atoms with E-state index in [0.29, 0.717) is 12.6 Å². The molecule has 0 saturated carbocycles. The molecule has 0 aliphatic heterocycles. The topological polar surface area (TPSA) is 68.0 Å². The van der Waals surface area contributed by atoms with Gasteiger partial charge in [0.15, 0.2) is 17.5 Å². The maximum absolute atomic E-state index is 13.2. The Hall–Kier alpha value is -2.31. The van der Waals surface area contributed by atoms with Gasteiger partial charge in [0, 0.05) is 12.1 Å². The van der Waals surface area contributed by atoms with Crippen LogP contribution in [0.2, 0.25) is 0 Å². The predicted molar refractivity (Wildman–Crippen MR) is 58.0 cm³/mol. The van der Waals surface area contributed by atoms with Crippen molar-refractivity contribution in [3.63, 3.8) is 0 Å². The van der Waals surface area contributed by atoms with E-state index < -0.39 is 17.6 Å². The number of nitrogens with zero attached hydrogens (tertiary/aromatic N) is 3. The van der Waals surface area contributed by atoms with Crippen molar-refractivity contribution in [3.05, 3.63) is 35.7 Å². The third kappa shape index (κ3) is 1.94. The van der Waals surface area contributed by atoms with Gasteiger partial charge in [-0.05, 0) is 19.1 Å². The number of benzene rings is 1. The summed E-state index contributed by atoms with van der Waals surface area (Å²) in [5.74, 6) is -3.50.